The second-order valence-corrected chi connectivity index (χ2v) is 17.4. The summed E-state index contributed by atoms with van der Waals surface area (Å²) in [6.07, 6.45) is 1.44. The molecule has 1 aliphatic rings. The van der Waals surface area contributed by atoms with Gasteiger partial charge in [0.1, 0.15) is 28.4 Å². The Kier molecular flexibility index (Phi) is 18.4. The van der Waals surface area contributed by atoms with Crippen LogP contribution in [-0.4, -0.2) is 99.2 Å². The van der Waals surface area contributed by atoms with Crippen LogP contribution >= 0.6 is 0 Å². The Morgan fingerprint density at radius 1 is 0.754 bits per heavy atom. The number of halogens is 3. The number of guanidine groups is 1. The molecule has 0 saturated heterocycles. The van der Waals surface area contributed by atoms with Gasteiger partial charge in [0.15, 0.2) is 0 Å². The van der Waals surface area contributed by atoms with Crippen molar-refractivity contribution in [3.8, 4) is 5.75 Å². The van der Waals surface area contributed by atoms with E-state index in [1.165, 1.54) is 4.57 Å². The number of rotatable bonds is 15. The number of benzene rings is 1. The highest BCUT2D eigenvalue weighted by atomic mass is 19.4. The summed E-state index contributed by atoms with van der Waals surface area (Å²) in [5.74, 6) is -1.13. The zero-order chi connectivity index (χ0) is 45.4. The van der Waals surface area contributed by atoms with E-state index in [2.05, 4.69) is 25.6 Å². The Bertz CT molecular complexity index is 1900. The number of alkyl carbamates (subject to hydrolysis) is 1. The number of nitrogens with zero attached hydrogens (tertiary/aromatic N) is 6. The molecular formula is C42H63F3N8O8. The van der Waals surface area contributed by atoms with Crippen LogP contribution in [0.5, 0.6) is 5.75 Å². The standard InChI is InChI=1S/C42H63F3N8O8/c1-39(2,3)59-36(55)49-34(50-37(56)60-40(4,5)6)47-22-13-11-10-12-14-24-51-27-28-52(35(51)48-33(54)42(43,44)45)25-15-16-29-58-31-20-18-30(19-21-31)32-46-23-17-26-53(32)38(57)61-41(7,8)9/h18-21,27-28H,10-17,22-26,29H2,1-9H3,(H2,47,49,50,55,56)/b48-35+. The largest absolute Gasteiger partial charge is 0.494 e. The van der Waals surface area contributed by atoms with Gasteiger partial charge in [-0.3, -0.25) is 20.0 Å². The number of carbonyl (C=O) groups excluding carboxylic acids is 4. The summed E-state index contributed by atoms with van der Waals surface area (Å²) in [5.41, 5.74) is -1.51. The molecule has 0 aliphatic carbocycles. The third-order valence-electron chi connectivity index (χ3n) is 8.31. The van der Waals surface area contributed by atoms with E-state index >= 15 is 0 Å². The molecule has 0 bridgehead atoms. The van der Waals surface area contributed by atoms with Crippen molar-refractivity contribution < 1.29 is 51.3 Å². The molecule has 0 spiro atoms. The Morgan fingerprint density at radius 3 is 1.92 bits per heavy atom. The first-order valence-electron chi connectivity index (χ1n) is 20.7. The van der Waals surface area contributed by atoms with E-state index in [1.807, 2.05) is 32.9 Å². The van der Waals surface area contributed by atoms with Crippen molar-refractivity contribution in [1.29, 1.82) is 0 Å². The van der Waals surface area contributed by atoms with Gasteiger partial charge in [0.2, 0.25) is 11.6 Å². The zero-order valence-electron chi connectivity index (χ0n) is 36.9. The Morgan fingerprint density at radius 2 is 1.33 bits per heavy atom. The number of imidazole rings is 1. The summed E-state index contributed by atoms with van der Waals surface area (Å²) in [5, 5.41) is 5.38. The number of aromatic nitrogens is 2. The lowest BCUT2D eigenvalue weighted by molar-refractivity contribution is -0.169. The zero-order valence-corrected chi connectivity index (χ0v) is 36.9. The minimum Gasteiger partial charge on any atom is -0.494 e. The van der Waals surface area contributed by atoms with Crippen LogP contribution < -0.4 is 21.0 Å². The number of amides is 4. The molecule has 0 atom stereocenters. The van der Waals surface area contributed by atoms with Crippen molar-refractivity contribution in [2.45, 2.75) is 150 Å². The molecule has 1 aromatic heterocycles. The van der Waals surface area contributed by atoms with Crippen LogP contribution in [0.25, 0.3) is 0 Å². The first-order valence-corrected chi connectivity index (χ1v) is 20.7. The second-order valence-electron chi connectivity index (χ2n) is 17.4. The molecule has 19 heteroatoms. The molecular weight excluding hydrogens is 802 g/mol. The van der Waals surface area contributed by atoms with Crippen molar-refractivity contribution in [2.24, 2.45) is 15.0 Å². The Hall–Kier alpha value is -5.36. The summed E-state index contributed by atoms with van der Waals surface area (Å²) in [4.78, 5) is 62.7. The fourth-order valence-electron chi connectivity index (χ4n) is 5.74. The van der Waals surface area contributed by atoms with E-state index in [-0.39, 0.29) is 11.6 Å². The molecule has 16 nitrogen and oxygen atoms in total. The van der Waals surface area contributed by atoms with Crippen LogP contribution in [0.1, 0.15) is 119 Å². The number of alkyl halides is 3. The molecule has 0 unspecified atom stereocenters. The van der Waals surface area contributed by atoms with Gasteiger partial charge in [0, 0.05) is 50.7 Å². The number of amidine groups is 1. The van der Waals surface area contributed by atoms with Crippen molar-refractivity contribution in [2.75, 3.05) is 26.2 Å². The summed E-state index contributed by atoms with van der Waals surface area (Å²) >= 11 is 0. The molecule has 1 aromatic carbocycles. The van der Waals surface area contributed by atoms with Gasteiger partial charge in [0.25, 0.3) is 0 Å². The number of aryl methyl sites for hydroxylation is 2. The normalized spacial score (nSPS) is 14.3. The molecule has 2 N–H and O–H groups in total. The third kappa shape index (κ3) is 19.3. The molecule has 0 radical (unpaired) electrons. The van der Waals surface area contributed by atoms with E-state index in [1.54, 1.807) is 75.5 Å². The van der Waals surface area contributed by atoms with Gasteiger partial charge in [-0.05, 0) is 119 Å². The number of carbonyl (C=O) groups is 4. The molecule has 4 amide bonds. The first-order chi connectivity index (χ1) is 28.4. The predicted octanol–water partition coefficient (Wildman–Crippen LogP) is 7.88. The van der Waals surface area contributed by atoms with Crippen LogP contribution in [0.15, 0.2) is 51.6 Å². The van der Waals surface area contributed by atoms with Crippen molar-refractivity contribution in [3.63, 3.8) is 0 Å². The van der Waals surface area contributed by atoms with Crippen LogP contribution in [0.3, 0.4) is 0 Å². The van der Waals surface area contributed by atoms with Crippen LogP contribution in [-0.2, 0) is 32.1 Å². The van der Waals surface area contributed by atoms with Gasteiger partial charge in [-0.1, -0.05) is 19.3 Å². The lowest BCUT2D eigenvalue weighted by Crippen LogP contribution is -2.44. The van der Waals surface area contributed by atoms with E-state index < -0.39 is 47.2 Å². The number of hydrogen-bond acceptors (Lipinski definition) is 9. The molecule has 2 aromatic rings. The predicted molar refractivity (Wildman–Crippen MR) is 223 cm³/mol. The second kappa shape index (κ2) is 22.5. The molecule has 340 valence electrons. The van der Waals surface area contributed by atoms with Gasteiger partial charge in [0.05, 0.1) is 6.61 Å². The van der Waals surface area contributed by atoms with Gasteiger partial charge in [-0.2, -0.15) is 18.2 Å². The number of ether oxygens (including phenoxy) is 4. The topological polar surface area (TPSA) is 179 Å². The monoisotopic (exact) mass is 864 g/mol. The van der Waals surface area contributed by atoms with Gasteiger partial charge in [-0.25, -0.2) is 14.4 Å². The fourth-order valence-corrected chi connectivity index (χ4v) is 5.74. The number of hydrogen-bond donors (Lipinski definition) is 2. The quantitative estimate of drug-likeness (QED) is 0.0780. The third-order valence-corrected chi connectivity index (χ3v) is 8.31. The summed E-state index contributed by atoms with van der Waals surface area (Å²) < 4.78 is 64.8. The minimum atomic E-state index is -5.11. The summed E-state index contributed by atoms with van der Waals surface area (Å²) in [7, 11) is 0. The van der Waals surface area contributed by atoms with Gasteiger partial charge in [-0.15, -0.1) is 4.99 Å². The highest BCUT2D eigenvalue weighted by Crippen LogP contribution is 2.20. The van der Waals surface area contributed by atoms with E-state index in [0.29, 0.717) is 76.6 Å². The SMILES string of the molecule is CC(C)(C)OC(=O)/N=C(\NCCCCCCCn1ccn(CCCCOc2ccc(C3=NCCCN3C(=O)OC(C)(C)C)cc2)/c1=N/C(=O)C(F)(F)F)NC(=O)OC(C)(C)C. The first kappa shape index (κ1) is 50.0. The fraction of sp³-hybridized carbons (Fsp3) is 0.643. The lowest BCUT2D eigenvalue weighted by Gasteiger charge is -2.30. The van der Waals surface area contributed by atoms with Gasteiger partial charge >= 0.3 is 30.4 Å². The summed E-state index contributed by atoms with van der Waals surface area (Å²) in [6.45, 7) is 18.1. The maximum absolute atomic E-state index is 13.3. The maximum atomic E-state index is 13.3. The number of aliphatic imine (C=N–C) groups is 2. The van der Waals surface area contributed by atoms with Crippen LogP contribution in [0.4, 0.5) is 27.6 Å². The molecule has 2 heterocycles. The van der Waals surface area contributed by atoms with Crippen molar-refractivity contribution in [1.82, 2.24) is 24.7 Å². The van der Waals surface area contributed by atoms with Crippen molar-refractivity contribution >= 4 is 36.0 Å². The number of nitrogens with one attached hydrogen (secondary N) is 2. The van der Waals surface area contributed by atoms with E-state index in [9.17, 15) is 32.3 Å². The van der Waals surface area contributed by atoms with Crippen molar-refractivity contribution in [3.05, 3.63) is 47.8 Å². The molecule has 1 aliphatic heterocycles. The summed E-state index contributed by atoms with van der Waals surface area (Å²) in [6, 6.07) is 7.23. The average molecular weight is 865 g/mol. The van der Waals surface area contributed by atoms with Crippen LogP contribution in [0, 0.1) is 0 Å². The molecule has 0 fully saturated rings. The molecule has 61 heavy (non-hydrogen) atoms. The molecule has 3 rings (SSSR count). The highest BCUT2D eigenvalue weighted by molar-refractivity contribution is 6.07. The Balaban J connectivity index is 1.49. The van der Waals surface area contributed by atoms with Crippen LogP contribution in [0.2, 0.25) is 0 Å². The molecule has 0 saturated carbocycles. The smallest absolute Gasteiger partial charge is 0.473 e. The number of unbranched alkanes of at least 4 members (excludes halogenated alkanes) is 5. The van der Waals surface area contributed by atoms with Gasteiger partial charge < -0.3 is 33.4 Å². The highest BCUT2D eigenvalue weighted by Gasteiger charge is 2.39. The minimum absolute atomic E-state index is 0.0802. The average Bonchev–Trinajstić information content (AvgIpc) is 3.50. The van der Waals surface area contributed by atoms with E-state index in [4.69, 9.17) is 18.9 Å². The Labute approximate surface area is 356 Å². The lowest BCUT2D eigenvalue weighted by atomic mass is 10.1. The van der Waals surface area contributed by atoms with E-state index in [0.717, 1.165) is 31.2 Å². The maximum Gasteiger partial charge on any atom is 0.473 e.